The number of aryl methyl sites for hydroxylation is 2. The number of hydrogen-bond donors (Lipinski definition) is 1. The first kappa shape index (κ1) is 27.3. The fraction of sp³-hybridized carbons (Fsp3) is 0.462. The number of carbonyl (C=O) groups excluding carboxylic acids is 2. The fourth-order valence-corrected chi connectivity index (χ4v) is 5.46. The zero-order chi connectivity index (χ0) is 27.1. The third kappa shape index (κ3) is 5.72. The molecule has 7 nitrogen and oxygen atoms in total. The molecule has 0 spiro atoms. The van der Waals surface area contributed by atoms with Crippen molar-refractivity contribution in [3.05, 3.63) is 57.7 Å². The van der Waals surface area contributed by atoms with Gasteiger partial charge in [-0.05, 0) is 35.6 Å². The van der Waals surface area contributed by atoms with Crippen molar-refractivity contribution in [1.82, 2.24) is 24.6 Å². The van der Waals surface area contributed by atoms with Crippen molar-refractivity contribution in [2.45, 2.75) is 58.4 Å². The number of ketones is 1. The van der Waals surface area contributed by atoms with Gasteiger partial charge in [0.2, 0.25) is 5.91 Å². The summed E-state index contributed by atoms with van der Waals surface area (Å²) in [6.45, 7) is 9.80. The molecule has 4 rings (SSSR count). The van der Waals surface area contributed by atoms with Gasteiger partial charge in [-0.25, -0.2) is 13.8 Å². The number of carbonyl (C=O) groups is 2. The molecule has 1 N–H and O–H groups in total. The third-order valence-electron chi connectivity index (χ3n) is 6.63. The Bertz CT molecular complexity index is 1350. The smallest absolute Gasteiger partial charge is 0.256 e. The van der Waals surface area contributed by atoms with Gasteiger partial charge in [0, 0.05) is 48.0 Å². The normalized spacial score (nSPS) is 14.4. The predicted octanol–water partition coefficient (Wildman–Crippen LogP) is 5.63. The van der Waals surface area contributed by atoms with Crippen LogP contribution >= 0.6 is 23.2 Å². The van der Waals surface area contributed by atoms with E-state index < -0.39 is 13.0 Å². The van der Waals surface area contributed by atoms with Crippen LogP contribution in [0.15, 0.2) is 24.8 Å². The van der Waals surface area contributed by atoms with Crippen LogP contribution < -0.4 is 0 Å². The van der Waals surface area contributed by atoms with Crippen molar-refractivity contribution in [3.8, 4) is 0 Å². The molecule has 1 fully saturated rings. The lowest BCUT2D eigenvalue weighted by Crippen LogP contribution is -2.50. The first-order valence-corrected chi connectivity index (χ1v) is 12.8. The van der Waals surface area contributed by atoms with Crippen molar-refractivity contribution in [1.29, 1.82) is 0 Å². The van der Waals surface area contributed by atoms with Crippen LogP contribution in [0.5, 0.6) is 0 Å². The lowest BCUT2D eigenvalue weighted by atomic mass is 9.86. The van der Waals surface area contributed by atoms with Gasteiger partial charge >= 0.3 is 0 Å². The summed E-state index contributed by atoms with van der Waals surface area (Å²) in [6, 6.07) is 3.82. The summed E-state index contributed by atoms with van der Waals surface area (Å²) in [7, 11) is 0. The van der Waals surface area contributed by atoms with Crippen molar-refractivity contribution in [2.75, 3.05) is 13.1 Å². The second kappa shape index (κ2) is 10.5. The molecule has 1 amide bonds. The van der Waals surface area contributed by atoms with Crippen LogP contribution in [0.3, 0.4) is 0 Å². The molecule has 0 radical (unpaired) electrons. The van der Waals surface area contributed by atoms with E-state index in [0.717, 1.165) is 16.6 Å². The van der Waals surface area contributed by atoms with Crippen LogP contribution in [0.25, 0.3) is 10.9 Å². The topological polar surface area (TPSA) is 83.9 Å². The summed E-state index contributed by atoms with van der Waals surface area (Å²) in [6.07, 6.45) is -0.677. The van der Waals surface area contributed by atoms with E-state index in [2.05, 4.69) is 42.5 Å². The zero-order valence-electron chi connectivity index (χ0n) is 21.0. The van der Waals surface area contributed by atoms with Crippen molar-refractivity contribution >= 4 is 45.8 Å². The summed E-state index contributed by atoms with van der Waals surface area (Å²) in [5, 5.41) is 8.80. The Balaban J connectivity index is 1.55. The van der Waals surface area contributed by atoms with Crippen LogP contribution in [0.2, 0.25) is 10.2 Å². The second-order valence-electron chi connectivity index (χ2n) is 10.4. The molecular formula is C26H29Cl2F2N5O2. The molecule has 11 heteroatoms. The number of nitrogens with one attached hydrogen (secondary N) is 1. The van der Waals surface area contributed by atoms with E-state index in [9.17, 15) is 18.4 Å². The van der Waals surface area contributed by atoms with Gasteiger partial charge in [-0.15, -0.1) is 0 Å². The van der Waals surface area contributed by atoms with Gasteiger partial charge in [-0.1, -0.05) is 50.6 Å². The number of fused-ring (bicyclic) bond motifs is 1. The van der Waals surface area contributed by atoms with Gasteiger partial charge in [0.15, 0.2) is 10.9 Å². The number of halogens is 4. The number of hydrogen-bond acceptors (Lipinski definition) is 4. The summed E-state index contributed by atoms with van der Waals surface area (Å²) in [5.41, 5.74) is 2.31. The van der Waals surface area contributed by atoms with E-state index in [0.29, 0.717) is 35.9 Å². The number of imidazole rings is 1. The van der Waals surface area contributed by atoms with Gasteiger partial charge in [-0.2, -0.15) is 5.10 Å². The van der Waals surface area contributed by atoms with E-state index in [1.807, 2.05) is 12.1 Å². The maximum Gasteiger partial charge on any atom is 0.256 e. The van der Waals surface area contributed by atoms with Gasteiger partial charge in [0.25, 0.3) is 6.43 Å². The fourth-order valence-electron chi connectivity index (χ4n) is 4.71. The lowest BCUT2D eigenvalue weighted by molar-refractivity contribution is -0.132. The number of H-pyrrole nitrogens is 1. The summed E-state index contributed by atoms with van der Waals surface area (Å²) >= 11 is 12.8. The minimum Gasteiger partial charge on any atom is -0.338 e. The van der Waals surface area contributed by atoms with Crippen molar-refractivity contribution < 1.29 is 18.4 Å². The largest absolute Gasteiger partial charge is 0.338 e. The molecule has 37 heavy (non-hydrogen) atoms. The molecule has 198 valence electrons. The van der Waals surface area contributed by atoms with Crippen LogP contribution in [0, 0.1) is 5.92 Å². The Morgan fingerprint density at radius 2 is 1.95 bits per heavy atom. The Kier molecular flexibility index (Phi) is 7.76. The molecule has 3 heterocycles. The first-order valence-electron chi connectivity index (χ1n) is 12.0. The number of nitrogens with zero attached hydrogens (tertiary/aromatic N) is 4. The molecule has 3 aromatic rings. The highest BCUT2D eigenvalue weighted by atomic mass is 35.5. The second-order valence-corrected chi connectivity index (χ2v) is 11.2. The average molecular weight is 552 g/mol. The number of benzene rings is 1. The molecule has 0 aliphatic carbocycles. The van der Waals surface area contributed by atoms with E-state index in [1.165, 1.54) is 10.6 Å². The molecular weight excluding hydrogens is 523 g/mol. The number of likely N-dealkylation sites (tertiary alicyclic amines) is 1. The number of amides is 1. The molecule has 1 aliphatic heterocycles. The Hall–Kier alpha value is -2.78. The van der Waals surface area contributed by atoms with Crippen LogP contribution in [-0.4, -0.2) is 55.9 Å². The monoisotopic (exact) mass is 551 g/mol. The molecule has 1 aromatic carbocycles. The SMILES string of the molecule is C=CC(=O)N1CC(CC(=O)c2c(Cl)nc(CCc3[nH]nc4cc(Cl)c(C(C)(C)C)cc34)n2CC(F)F)C1. The molecule has 0 atom stereocenters. The number of rotatable bonds is 9. The van der Waals surface area contributed by atoms with E-state index in [4.69, 9.17) is 23.2 Å². The maximum atomic E-state index is 13.5. The Labute approximate surface area is 223 Å². The predicted molar refractivity (Wildman–Crippen MR) is 140 cm³/mol. The van der Waals surface area contributed by atoms with Gasteiger partial charge < -0.3 is 9.47 Å². The van der Waals surface area contributed by atoms with E-state index in [1.54, 1.807) is 4.90 Å². The quantitative estimate of drug-likeness (QED) is 0.276. The summed E-state index contributed by atoms with van der Waals surface area (Å²) in [5.74, 6) is -0.323. The highest BCUT2D eigenvalue weighted by Crippen LogP contribution is 2.34. The van der Waals surface area contributed by atoms with Gasteiger partial charge in [0.05, 0.1) is 12.1 Å². The lowest BCUT2D eigenvalue weighted by Gasteiger charge is -2.38. The zero-order valence-corrected chi connectivity index (χ0v) is 22.5. The van der Waals surface area contributed by atoms with Crippen molar-refractivity contribution in [2.24, 2.45) is 5.92 Å². The number of alkyl halides is 2. The van der Waals surface area contributed by atoms with Crippen LogP contribution in [0.1, 0.15) is 54.8 Å². The van der Waals surface area contributed by atoms with Crippen LogP contribution in [-0.2, 0) is 29.6 Å². The van der Waals surface area contributed by atoms with E-state index in [-0.39, 0.29) is 46.7 Å². The molecule has 1 saturated heterocycles. The van der Waals surface area contributed by atoms with E-state index >= 15 is 0 Å². The minimum atomic E-state index is -2.69. The minimum absolute atomic E-state index is 0.0123. The van der Waals surface area contributed by atoms with Crippen LogP contribution in [0.4, 0.5) is 8.78 Å². The standard InChI is InChI=1S/C26H29Cl2F2N5O2/c1-5-23(37)34-11-14(12-34)8-20(36)24-25(28)31-22(35(24)13-21(29)30)7-6-18-15-9-16(26(2,3)4)17(27)10-19(15)33-32-18/h5,9-10,14,21H,1,6-8,11-13H2,2-4H3,(H,32,33). The third-order valence-corrected chi connectivity index (χ3v) is 7.21. The van der Waals surface area contributed by atoms with Gasteiger partial charge in [0.1, 0.15) is 11.5 Å². The summed E-state index contributed by atoms with van der Waals surface area (Å²) < 4.78 is 28.2. The highest BCUT2D eigenvalue weighted by molar-refractivity contribution is 6.32. The number of aromatic amines is 1. The number of aromatic nitrogens is 4. The molecule has 0 unspecified atom stereocenters. The first-order chi connectivity index (χ1) is 17.4. The maximum absolute atomic E-state index is 13.5. The van der Waals surface area contributed by atoms with Gasteiger partial charge in [-0.3, -0.25) is 14.7 Å². The summed E-state index contributed by atoms with van der Waals surface area (Å²) in [4.78, 5) is 30.6. The Morgan fingerprint density at radius 3 is 2.57 bits per heavy atom. The molecule has 0 saturated carbocycles. The Morgan fingerprint density at radius 1 is 1.24 bits per heavy atom. The highest BCUT2D eigenvalue weighted by Gasteiger charge is 2.33. The molecule has 2 aromatic heterocycles. The molecule has 0 bridgehead atoms. The average Bonchev–Trinajstić information content (AvgIpc) is 3.31. The molecule has 1 aliphatic rings. The number of Topliss-reactive ketones (excluding diaryl/α,β-unsaturated/α-hetero) is 1. The van der Waals surface area contributed by atoms with Crippen molar-refractivity contribution in [3.63, 3.8) is 0 Å².